The number of aromatic nitrogens is 2. The summed E-state index contributed by atoms with van der Waals surface area (Å²) in [7, 11) is 1.61. The third-order valence-corrected chi connectivity index (χ3v) is 5.76. The molecule has 0 saturated carbocycles. The maximum atomic E-state index is 13.2. The Labute approximate surface area is 179 Å². The van der Waals surface area contributed by atoms with Gasteiger partial charge in [0.25, 0.3) is 11.5 Å². The molecule has 1 fully saturated rings. The highest BCUT2D eigenvalue weighted by Crippen LogP contribution is 2.33. The number of thioether (sulfide) groups is 1. The SMILES string of the molecule is COCCNc1nc2c(C)cccn2c(=O)c1/C=C1/SC(=S)N(CC(C)C)C1=O. The zero-order valence-corrected chi connectivity index (χ0v) is 18.5. The number of thiocarbonyl (C=S) groups is 1. The van der Waals surface area contributed by atoms with Crippen LogP contribution in [0.1, 0.15) is 25.0 Å². The average Bonchev–Trinajstić information content (AvgIpc) is 2.92. The largest absolute Gasteiger partial charge is 0.383 e. The van der Waals surface area contributed by atoms with Crippen molar-refractivity contribution in [2.24, 2.45) is 5.92 Å². The molecule has 154 valence electrons. The van der Waals surface area contributed by atoms with Gasteiger partial charge in [0.1, 0.15) is 15.8 Å². The molecule has 0 radical (unpaired) electrons. The molecule has 3 rings (SSSR count). The van der Waals surface area contributed by atoms with Gasteiger partial charge in [-0.1, -0.05) is 43.9 Å². The number of anilines is 1. The molecule has 1 amide bonds. The fourth-order valence-electron chi connectivity index (χ4n) is 3.00. The zero-order chi connectivity index (χ0) is 21.1. The van der Waals surface area contributed by atoms with Gasteiger partial charge in [0.15, 0.2) is 0 Å². The Morgan fingerprint density at radius 1 is 1.38 bits per heavy atom. The number of hydrogen-bond donors (Lipinski definition) is 1. The van der Waals surface area contributed by atoms with Gasteiger partial charge >= 0.3 is 0 Å². The number of methoxy groups -OCH3 is 1. The molecule has 1 aliphatic rings. The highest BCUT2D eigenvalue weighted by atomic mass is 32.2. The van der Waals surface area contributed by atoms with Crippen LogP contribution >= 0.6 is 24.0 Å². The first kappa shape index (κ1) is 21.5. The van der Waals surface area contributed by atoms with Gasteiger partial charge in [-0.3, -0.25) is 18.9 Å². The lowest BCUT2D eigenvalue weighted by molar-refractivity contribution is -0.122. The van der Waals surface area contributed by atoms with E-state index in [1.54, 1.807) is 30.3 Å². The number of rotatable bonds is 7. The molecule has 0 unspecified atom stereocenters. The van der Waals surface area contributed by atoms with E-state index in [4.69, 9.17) is 17.0 Å². The average molecular weight is 433 g/mol. The second-order valence-electron chi connectivity index (χ2n) is 7.17. The van der Waals surface area contributed by atoms with E-state index in [0.29, 0.717) is 51.9 Å². The topological polar surface area (TPSA) is 75.9 Å². The van der Waals surface area contributed by atoms with Crippen LogP contribution in [-0.4, -0.2) is 51.3 Å². The fraction of sp³-hybridized carbons (Fsp3) is 0.400. The molecule has 1 N–H and O–H groups in total. The Morgan fingerprint density at radius 3 is 2.83 bits per heavy atom. The van der Waals surface area contributed by atoms with E-state index in [9.17, 15) is 9.59 Å². The Hall–Kier alpha value is -2.23. The summed E-state index contributed by atoms with van der Waals surface area (Å²) in [6.07, 6.45) is 3.27. The van der Waals surface area contributed by atoms with Gasteiger partial charge < -0.3 is 10.1 Å². The van der Waals surface area contributed by atoms with E-state index in [2.05, 4.69) is 10.3 Å². The van der Waals surface area contributed by atoms with Gasteiger partial charge in [-0.25, -0.2) is 4.98 Å². The minimum absolute atomic E-state index is 0.176. The lowest BCUT2D eigenvalue weighted by Crippen LogP contribution is -2.31. The number of nitrogens with one attached hydrogen (secondary N) is 1. The van der Waals surface area contributed by atoms with Crippen LogP contribution in [0, 0.1) is 12.8 Å². The maximum Gasteiger partial charge on any atom is 0.267 e. The minimum Gasteiger partial charge on any atom is -0.383 e. The molecular formula is C20H24N4O3S2. The third-order valence-electron chi connectivity index (χ3n) is 4.38. The number of ether oxygens (including phenoxy) is 1. The van der Waals surface area contributed by atoms with Gasteiger partial charge in [0, 0.05) is 26.4 Å². The molecule has 0 aromatic carbocycles. The van der Waals surface area contributed by atoms with Gasteiger partial charge in [-0.2, -0.15) is 0 Å². The number of aryl methyl sites for hydroxylation is 1. The predicted octanol–water partition coefficient (Wildman–Crippen LogP) is 2.92. The van der Waals surface area contributed by atoms with E-state index in [1.165, 1.54) is 16.2 Å². The van der Waals surface area contributed by atoms with Gasteiger partial charge in [-0.05, 0) is 30.5 Å². The van der Waals surface area contributed by atoms with E-state index in [1.807, 2.05) is 26.8 Å². The quantitative estimate of drug-likeness (QED) is 0.410. The third kappa shape index (κ3) is 4.52. The van der Waals surface area contributed by atoms with Gasteiger partial charge in [-0.15, -0.1) is 0 Å². The van der Waals surface area contributed by atoms with Gasteiger partial charge in [0.05, 0.1) is 17.1 Å². The first-order valence-corrected chi connectivity index (χ1v) is 10.6. The number of carbonyl (C=O) groups excluding carboxylic acids is 1. The first-order chi connectivity index (χ1) is 13.8. The van der Waals surface area contributed by atoms with Crippen molar-refractivity contribution in [1.29, 1.82) is 0 Å². The van der Waals surface area contributed by atoms with Crippen LogP contribution in [0.4, 0.5) is 5.82 Å². The Bertz CT molecular complexity index is 1050. The Morgan fingerprint density at radius 2 is 2.14 bits per heavy atom. The van der Waals surface area contributed by atoms with Gasteiger partial charge in [0.2, 0.25) is 0 Å². The molecule has 1 aliphatic heterocycles. The molecule has 0 aliphatic carbocycles. The highest BCUT2D eigenvalue weighted by Gasteiger charge is 2.32. The van der Waals surface area contributed by atoms with Crippen molar-refractivity contribution in [2.75, 3.05) is 32.1 Å². The molecule has 2 aromatic rings. The lowest BCUT2D eigenvalue weighted by Gasteiger charge is -2.16. The summed E-state index contributed by atoms with van der Waals surface area (Å²) < 4.78 is 7.09. The molecule has 7 nitrogen and oxygen atoms in total. The van der Waals surface area contributed by atoms with Crippen molar-refractivity contribution >= 4 is 51.7 Å². The summed E-state index contributed by atoms with van der Waals surface area (Å²) in [5.74, 6) is 0.541. The molecule has 1 saturated heterocycles. The first-order valence-electron chi connectivity index (χ1n) is 9.33. The minimum atomic E-state index is -0.243. The molecule has 0 bridgehead atoms. The van der Waals surface area contributed by atoms with E-state index < -0.39 is 0 Å². The van der Waals surface area contributed by atoms with Crippen LogP contribution < -0.4 is 10.9 Å². The number of nitrogens with zero attached hydrogens (tertiary/aromatic N) is 3. The Balaban J connectivity index is 2.10. The van der Waals surface area contributed by atoms with E-state index >= 15 is 0 Å². The summed E-state index contributed by atoms with van der Waals surface area (Å²) in [5, 5.41) is 3.16. The summed E-state index contributed by atoms with van der Waals surface area (Å²) >= 11 is 6.58. The monoisotopic (exact) mass is 432 g/mol. The smallest absolute Gasteiger partial charge is 0.267 e. The van der Waals surface area contributed by atoms with E-state index in [-0.39, 0.29) is 11.5 Å². The van der Waals surface area contributed by atoms with Crippen molar-refractivity contribution in [3.63, 3.8) is 0 Å². The zero-order valence-electron chi connectivity index (χ0n) is 16.9. The number of carbonyl (C=O) groups is 1. The second-order valence-corrected chi connectivity index (χ2v) is 8.85. The predicted molar refractivity (Wildman–Crippen MR) is 121 cm³/mol. The summed E-state index contributed by atoms with van der Waals surface area (Å²) in [6.45, 7) is 7.46. The number of amides is 1. The molecule has 3 heterocycles. The summed E-state index contributed by atoms with van der Waals surface area (Å²) in [4.78, 5) is 32.7. The molecule has 9 heteroatoms. The molecule has 2 aromatic heterocycles. The van der Waals surface area contributed by atoms with Crippen LogP contribution in [0.25, 0.3) is 11.7 Å². The van der Waals surface area contributed by atoms with Crippen molar-refractivity contribution in [2.45, 2.75) is 20.8 Å². The summed E-state index contributed by atoms with van der Waals surface area (Å²) in [6, 6.07) is 3.70. The standard InChI is InChI=1S/C20H24N4O3S2/c1-12(2)11-24-19(26)15(29-20(24)28)10-14-16(21-7-9-27-4)22-17-13(3)6-5-8-23(17)18(14)25/h5-6,8,10,12,21H,7,9,11H2,1-4H3/b15-10+. The number of pyridine rings is 1. The Kier molecular flexibility index (Phi) is 6.71. The molecule has 0 atom stereocenters. The fourth-order valence-corrected chi connectivity index (χ4v) is 4.26. The maximum absolute atomic E-state index is 13.2. The van der Waals surface area contributed by atoms with Crippen LogP contribution in [0.2, 0.25) is 0 Å². The normalized spacial score (nSPS) is 15.9. The van der Waals surface area contributed by atoms with Crippen LogP contribution in [0.3, 0.4) is 0 Å². The molecule has 29 heavy (non-hydrogen) atoms. The molecular weight excluding hydrogens is 408 g/mol. The number of hydrogen-bond acceptors (Lipinski definition) is 7. The van der Waals surface area contributed by atoms with Crippen molar-refractivity contribution < 1.29 is 9.53 Å². The van der Waals surface area contributed by atoms with Crippen LogP contribution in [0.5, 0.6) is 0 Å². The van der Waals surface area contributed by atoms with Crippen molar-refractivity contribution in [3.05, 3.63) is 44.7 Å². The van der Waals surface area contributed by atoms with Crippen molar-refractivity contribution in [3.8, 4) is 0 Å². The summed E-state index contributed by atoms with van der Waals surface area (Å²) in [5.41, 5.74) is 1.54. The van der Waals surface area contributed by atoms with E-state index in [0.717, 1.165) is 5.56 Å². The second kappa shape index (κ2) is 9.06. The number of fused-ring (bicyclic) bond motifs is 1. The molecule has 0 spiro atoms. The van der Waals surface area contributed by atoms with Crippen LogP contribution in [0.15, 0.2) is 28.0 Å². The van der Waals surface area contributed by atoms with Crippen molar-refractivity contribution in [1.82, 2.24) is 14.3 Å². The highest BCUT2D eigenvalue weighted by molar-refractivity contribution is 8.26. The van der Waals surface area contributed by atoms with Crippen LogP contribution in [-0.2, 0) is 9.53 Å². The lowest BCUT2D eigenvalue weighted by atomic mass is 10.2.